The van der Waals surface area contributed by atoms with Gasteiger partial charge >= 0.3 is 5.69 Å². The summed E-state index contributed by atoms with van der Waals surface area (Å²) in [6.45, 7) is 5.30. The number of fused-ring (bicyclic) bond motifs is 1. The molecular formula is C21H26N4O4S. The van der Waals surface area contributed by atoms with E-state index in [0.29, 0.717) is 16.9 Å². The van der Waals surface area contributed by atoms with Crippen LogP contribution in [0.2, 0.25) is 0 Å². The van der Waals surface area contributed by atoms with Gasteiger partial charge in [-0.1, -0.05) is 6.07 Å². The topological polar surface area (TPSA) is 93.4 Å². The molecule has 30 heavy (non-hydrogen) atoms. The molecule has 2 aromatic carbocycles. The van der Waals surface area contributed by atoms with Crippen LogP contribution in [0.15, 0.2) is 41.2 Å². The van der Waals surface area contributed by atoms with Crippen molar-refractivity contribution in [3.05, 3.63) is 58.0 Å². The predicted molar refractivity (Wildman–Crippen MR) is 119 cm³/mol. The summed E-state index contributed by atoms with van der Waals surface area (Å²) < 4.78 is 29.2. The Morgan fingerprint density at radius 3 is 2.13 bits per heavy atom. The third-order valence-electron chi connectivity index (χ3n) is 5.09. The molecule has 0 saturated carbocycles. The summed E-state index contributed by atoms with van der Waals surface area (Å²) in [6.07, 6.45) is 1.08. The SMILES string of the molecule is Cc1cc(C)cc(N([C@@H](C)C(=O)Nc2ccc3c(c2)n(C)c(=O)n3C)S(C)(=O)=O)c1. The van der Waals surface area contributed by atoms with Crippen molar-refractivity contribution in [1.82, 2.24) is 9.13 Å². The first-order valence-electron chi connectivity index (χ1n) is 9.44. The number of aryl methyl sites for hydroxylation is 4. The summed E-state index contributed by atoms with van der Waals surface area (Å²) in [5.41, 5.74) is 3.97. The van der Waals surface area contributed by atoms with Crippen LogP contribution in [0.25, 0.3) is 11.0 Å². The zero-order chi connectivity index (χ0) is 22.4. The molecule has 0 unspecified atom stereocenters. The molecule has 3 aromatic rings. The number of nitrogens with one attached hydrogen (secondary N) is 1. The number of rotatable bonds is 5. The smallest absolute Gasteiger partial charge is 0.324 e. The van der Waals surface area contributed by atoms with Gasteiger partial charge in [-0.15, -0.1) is 0 Å². The zero-order valence-electron chi connectivity index (χ0n) is 17.9. The van der Waals surface area contributed by atoms with Crippen LogP contribution in [0, 0.1) is 13.8 Å². The summed E-state index contributed by atoms with van der Waals surface area (Å²) in [6, 6.07) is 9.57. The van der Waals surface area contributed by atoms with Gasteiger partial charge in [-0.25, -0.2) is 13.2 Å². The molecular weight excluding hydrogens is 404 g/mol. The number of nitrogens with zero attached hydrogens (tertiary/aromatic N) is 3. The quantitative estimate of drug-likeness (QED) is 0.672. The molecule has 1 atom stereocenters. The van der Waals surface area contributed by atoms with Crippen molar-refractivity contribution < 1.29 is 13.2 Å². The molecule has 8 nitrogen and oxygen atoms in total. The number of amides is 1. The Hall–Kier alpha value is -3.07. The molecule has 0 saturated heterocycles. The van der Waals surface area contributed by atoms with E-state index in [2.05, 4.69) is 5.32 Å². The summed E-state index contributed by atoms with van der Waals surface area (Å²) in [4.78, 5) is 25.1. The van der Waals surface area contributed by atoms with Gasteiger partial charge in [-0.2, -0.15) is 0 Å². The number of hydrogen-bond acceptors (Lipinski definition) is 4. The van der Waals surface area contributed by atoms with Crippen LogP contribution in [-0.2, 0) is 28.9 Å². The van der Waals surface area contributed by atoms with Crippen molar-refractivity contribution in [2.75, 3.05) is 15.9 Å². The third kappa shape index (κ3) is 3.97. The van der Waals surface area contributed by atoms with E-state index in [1.54, 1.807) is 51.4 Å². The molecule has 160 valence electrons. The lowest BCUT2D eigenvalue weighted by molar-refractivity contribution is -0.116. The second-order valence-electron chi connectivity index (χ2n) is 7.67. The normalized spacial score (nSPS) is 12.7. The Labute approximate surface area is 175 Å². The molecule has 1 heterocycles. The summed E-state index contributed by atoms with van der Waals surface area (Å²) in [5.74, 6) is -0.472. The number of sulfonamides is 1. The lowest BCUT2D eigenvalue weighted by Gasteiger charge is -2.28. The van der Waals surface area contributed by atoms with Gasteiger partial charge in [0.1, 0.15) is 6.04 Å². The maximum Gasteiger partial charge on any atom is 0.328 e. The van der Waals surface area contributed by atoms with E-state index in [9.17, 15) is 18.0 Å². The minimum absolute atomic E-state index is 0.167. The number of anilines is 2. The molecule has 1 aromatic heterocycles. The molecule has 0 aliphatic rings. The highest BCUT2D eigenvalue weighted by atomic mass is 32.2. The molecule has 1 N–H and O–H groups in total. The van der Waals surface area contributed by atoms with E-state index in [-0.39, 0.29) is 5.69 Å². The summed E-state index contributed by atoms with van der Waals surface area (Å²) in [5, 5.41) is 2.77. The molecule has 0 radical (unpaired) electrons. The fourth-order valence-corrected chi connectivity index (χ4v) is 4.88. The molecule has 0 aliphatic carbocycles. The van der Waals surface area contributed by atoms with Gasteiger partial charge in [0.15, 0.2) is 0 Å². The van der Waals surface area contributed by atoms with Crippen molar-refractivity contribution in [2.45, 2.75) is 26.8 Å². The highest BCUT2D eigenvalue weighted by Gasteiger charge is 2.29. The van der Waals surface area contributed by atoms with Crippen molar-refractivity contribution in [2.24, 2.45) is 14.1 Å². The van der Waals surface area contributed by atoms with E-state index in [0.717, 1.165) is 27.2 Å². The van der Waals surface area contributed by atoms with E-state index < -0.39 is 22.0 Å². The first-order chi connectivity index (χ1) is 13.9. The second-order valence-corrected chi connectivity index (χ2v) is 9.53. The van der Waals surface area contributed by atoms with E-state index in [4.69, 9.17) is 0 Å². The van der Waals surface area contributed by atoms with Crippen LogP contribution in [0.4, 0.5) is 11.4 Å². The molecule has 0 spiro atoms. The fraction of sp³-hybridized carbons (Fsp3) is 0.333. The van der Waals surface area contributed by atoms with Crippen LogP contribution in [-0.4, -0.2) is 35.8 Å². The van der Waals surface area contributed by atoms with Crippen molar-refractivity contribution >= 4 is 38.3 Å². The van der Waals surface area contributed by atoms with E-state index >= 15 is 0 Å². The average molecular weight is 431 g/mol. The minimum atomic E-state index is -3.71. The number of benzene rings is 2. The molecule has 0 fully saturated rings. The van der Waals surface area contributed by atoms with Crippen LogP contribution in [0.5, 0.6) is 0 Å². The highest BCUT2D eigenvalue weighted by Crippen LogP contribution is 2.25. The Morgan fingerprint density at radius 2 is 1.57 bits per heavy atom. The summed E-state index contributed by atoms with van der Waals surface area (Å²) >= 11 is 0. The van der Waals surface area contributed by atoms with Crippen molar-refractivity contribution in [3.8, 4) is 0 Å². The number of carbonyl (C=O) groups is 1. The Bertz CT molecular complexity index is 1280. The lowest BCUT2D eigenvalue weighted by Crippen LogP contribution is -2.45. The number of aromatic nitrogens is 2. The number of hydrogen-bond donors (Lipinski definition) is 1. The van der Waals surface area contributed by atoms with E-state index in [1.165, 1.54) is 9.13 Å². The minimum Gasteiger partial charge on any atom is -0.324 e. The van der Waals surface area contributed by atoms with Crippen molar-refractivity contribution in [3.63, 3.8) is 0 Å². The maximum atomic E-state index is 12.9. The molecule has 0 bridgehead atoms. The fourth-order valence-electron chi connectivity index (χ4n) is 3.72. The van der Waals surface area contributed by atoms with Gasteiger partial charge < -0.3 is 5.32 Å². The first-order valence-corrected chi connectivity index (χ1v) is 11.3. The predicted octanol–water partition coefficient (Wildman–Crippen LogP) is 2.29. The van der Waals surface area contributed by atoms with Gasteiger partial charge in [0.2, 0.25) is 15.9 Å². The zero-order valence-corrected chi connectivity index (χ0v) is 18.7. The van der Waals surface area contributed by atoms with Crippen LogP contribution in [0.1, 0.15) is 18.1 Å². The Morgan fingerprint density at radius 1 is 1.00 bits per heavy atom. The van der Waals surface area contributed by atoms with Crippen molar-refractivity contribution in [1.29, 1.82) is 0 Å². The summed E-state index contributed by atoms with van der Waals surface area (Å²) in [7, 11) is -0.371. The maximum absolute atomic E-state index is 12.9. The number of carbonyl (C=O) groups excluding carboxylic acids is 1. The van der Waals surface area contributed by atoms with Crippen LogP contribution < -0.4 is 15.3 Å². The van der Waals surface area contributed by atoms with Gasteiger partial charge in [-0.3, -0.25) is 18.2 Å². The van der Waals surface area contributed by atoms with Crippen LogP contribution >= 0.6 is 0 Å². The van der Waals surface area contributed by atoms with Crippen LogP contribution in [0.3, 0.4) is 0 Å². The van der Waals surface area contributed by atoms with E-state index in [1.807, 2.05) is 19.9 Å². The first kappa shape index (κ1) is 21.6. The third-order valence-corrected chi connectivity index (χ3v) is 6.33. The Balaban J connectivity index is 1.95. The largest absolute Gasteiger partial charge is 0.328 e. The molecule has 0 aliphatic heterocycles. The Kier molecular flexibility index (Phi) is 5.51. The molecule has 1 amide bonds. The molecule has 9 heteroatoms. The average Bonchev–Trinajstić information content (AvgIpc) is 2.84. The number of imidazole rings is 1. The van der Waals surface area contributed by atoms with Gasteiger partial charge in [0.05, 0.1) is 23.0 Å². The lowest BCUT2D eigenvalue weighted by atomic mass is 10.1. The monoisotopic (exact) mass is 430 g/mol. The van der Waals surface area contributed by atoms with Gasteiger partial charge in [0.25, 0.3) is 0 Å². The van der Waals surface area contributed by atoms with Gasteiger partial charge in [-0.05, 0) is 62.2 Å². The van der Waals surface area contributed by atoms with Gasteiger partial charge in [0, 0.05) is 19.8 Å². The molecule has 3 rings (SSSR count). The highest BCUT2D eigenvalue weighted by molar-refractivity contribution is 7.92. The second kappa shape index (κ2) is 7.64. The standard InChI is InChI=1S/C21H26N4O4S/c1-13-9-14(2)11-17(10-13)25(30(6,28)29)15(3)20(26)22-16-7-8-18-19(12-16)24(5)21(27)23(18)4/h7-12,15H,1-6H3,(H,22,26)/t15-/m0/s1.